The summed E-state index contributed by atoms with van der Waals surface area (Å²) in [5, 5.41) is -0.205. The van der Waals surface area contributed by atoms with Crippen molar-refractivity contribution in [1.29, 1.82) is 0 Å². The predicted molar refractivity (Wildman–Crippen MR) is 62.5 cm³/mol. The van der Waals surface area contributed by atoms with Crippen LogP contribution in [-0.4, -0.2) is 18.7 Å². The lowest BCUT2D eigenvalue weighted by molar-refractivity contribution is 0.600. The summed E-state index contributed by atoms with van der Waals surface area (Å²) in [6, 6.07) is 3.49. The maximum atomic E-state index is 11.5. The van der Waals surface area contributed by atoms with Gasteiger partial charge in [-0.3, -0.25) is 4.72 Å². The van der Waals surface area contributed by atoms with Gasteiger partial charge >= 0.3 is 0 Å². The minimum atomic E-state index is -3.17. The zero-order chi connectivity index (χ0) is 10.2. The van der Waals surface area contributed by atoms with Crippen LogP contribution in [-0.2, 0) is 10.0 Å². The van der Waals surface area contributed by atoms with Crippen LogP contribution in [0.2, 0.25) is 0 Å². The Labute approximate surface area is 96.3 Å². The fourth-order valence-electron chi connectivity index (χ4n) is 1.04. The molecule has 14 heavy (non-hydrogen) atoms. The van der Waals surface area contributed by atoms with Gasteiger partial charge in [0.25, 0.3) is 0 Å². The lowest BCUT2D eigenvalue weighted by atomic mass is 10.5. The number of nitrogens with one attached hydrogen (secondary N) is 1. The molecule has 0 radical (unpaired) electrons. The lowest BCUT2D eigenvalue weighted by Crippen LogP contribution is -2.17. The molecule has 1 saturated carbocycles. The van der Waals surface area contributed by atoms with Gasteiger partial charge in [-0.1, -0.05) is 0 Å². The molecule has 4 nitrogen and oxygen atoms in total. The van der Waals surface area contributed by atoms with Crippen LogP contribution in [0.4, 0.5) is 5.82 Å². The number of anilines is 1. The number of rotatable bonds is 3. The Morgan fingerprint density at radius 1 is 1.43 bits per heavy atom. The molecule has 2 rings (SSSR count). The summed E-state index contributed by atoms with van der Waals surface area (Å²) < 4.78 is 26.4. The molecule has 1 aliphatic carbocycles. The van der Waals surface area contributed by atoms with E-state index in [9.17, 15) is 8.42 Å². The molecule has 0 saturated heterocycles. The number of sulfonamides is 1. The van der Waals surface area contributed by atoms with Crippen LogP contribution in [0.1, 0.15) is 12.8 Å². The maximum absolute atomic E-state index is 11.5. The molecule has 0 spiro atoms. The molecule has 0 aromatic carbocycles. The van der Waals surface area contributed by atoms with Crippen molar-refractivity contribution >= 4 is 38.4 Å². The van der Waals surface area contributed by atoms with E-state index in [0.29, 0.717) is 5.82 Å². The molecule has 6 heteroatoms. The second-order valence-electron chi connectivity index (χ2n) is 3.21. The summed E-state index contributed by atoms with van der Waals surface area (Å²) >= 11 is 2.12. The van der Waals surface area contributed by atoms with E-state index in [1.807, 2.05) is 6.07 Å². The Bertz CT molecular complexity index is 425. The SMILES string of the molecule is O=S(=O)(Nc1ccc(I)cn1)C1CC1. The van der Waals surface area contributed by atoms with Crippen LogP contribution in [0.5, 0.6) is 0 Å². The number of halogens is 1. The number of hydrogen-bond acceptors (Lipinski definition) is 3. The first-order valence-corrected chi connectivity index (χ1v) is 6.83. The molecule has 0 unspecified atom stereocenters. The van der Waals surface area contributed by atoms with Crippen LogP contribution in [0.3, 0.4) is 0 Å². The lowest BCUT2D eigenvalue weighted by Gasteiger charge is -2.04. The van der Waals surface area contributed by atoms with Crippen molar-refractivity contribution in [2.45, 2.75) is 18.1 Å². The Morgan fingerprint density at radius 2 is 2.14 bits per heavy atom. The standard InChI is InChI=1S/C8H9IN2O2S/c9-6-1-4-8(10-5-6)11-14(12,13)7-2-3-7/h1,4-5,7H,2-3H2,(H,10,11). The molecule has 1 aromatic heterocycles. The van der Waals surface area contributed by atoms with E-state index >= 15 is 0 Å². The van der Waals surface area contributed by atoms with E-state index in [1.54, 1.807) is 12.3 Å². The van der Waals surface area contributed by atoms with Crippen molar-refractivity contribution in [3.8, 4) is 0 Å². The van der Waals surface area contributed by atoms with E-state index in [0.717, 1.165) is 16.4 Å². The number of aromatic nitrogens is 1. The van der Waals surface area contributed by atoms with Gasteiger partial charge in [0.15, 0.2) is 0 Å². The Morgan fingerprint density at radius 3 is 2.64 bits per heavy atom. The Hall–Kier alpha value is -0.370. The molecular formula is C8H9IN2O2S. The van der Waals surface area contributed by atoms with Crippen molar-refractivity contribution in [3.63, 3.8) is 0 Å². The molecule has 0 atom stereocenters. The third kappa shape index (κ3) is 2.35. The van der Waals surface area contributed by atoms with Gasteiger partial charge in [0.1, 0.15) is 5.82 Å². The first kappa shape index (κ1) is 10.2. The highest BCUT2D eigenvalue weighted by Crippen LogP contribution is 2.29. The molecule has 1 fully saturated rings. The van der Waals surface area contributed by atoms with Crippen molar-refractivity contribution in [3.05, 3.63) is 21.9 Å². The minimum Gasteiger partial charge on any atom is -0.267 e. The van der Waals surface area contributed by atoms with E-state index < -0.39 is 10.0 Å². The first-order chi connectivity index (χ1) is 6.58. The number of pyridine rings is 1. The summed E-state index contributed by atoms with van der Waals surface area (Å²) in [6.07, 6.45) is 3.16. The van der Waals surface area contributed by atoms with Crippen LogP contribution in [0, 0.1) is 3.57 Å². The summed E-state index contributed by atoms with van der Waals surface area (Å²) in [5.41, 5.74) is 0. The second-order valence-corrected chi connectivity index (χ2v) is 6.41. The Balaban J connectivity index is 2.14. The van der Waals surface area contributed by atoms with Crippen LogP contribution >= 0.6 is 22.6 Å². The molecule has 1 aliphatic rings. The topological polar surface area (TPSA) is 59.1 Å². The average Bonchev–Trinajstić information content (AvgIpc) is 2.91. The van der Waals surface area contributed by atoms with Gasteiger partial charge in [0, 0.05) is 9.77 Å². The monoisotopic (exact) mass is 324 g/mol. The van der Waals surface area contributed by atoms with E-state index in [4.69, 9.17) is 0 Å². The van der Waals surface area contributed by atoms with Crippen LogP contribution < -0.4 is 4.72 Å². The summed E-state index contributed by atoms with van der Waals surface area (Å²) in [5.74, 6) is 0.400. The molecule has 0 bridgehead atoms. The fraction of sp³-hybridized carbons (Fsp3) is 0.375. The average molecular weight is 324 g/mol. The zero-order valence-electron chi connectivity index (χ0n) is 7.27. The number of nitrogens with zero attached hydrogens (tertiary/aromatic N) is 1. The second kappa shape index (κ2) is 3.65. The van der Waals surface area contributed by atoms with Gasteiger partial charge in [-0.25, -0.2) is 13.4 Å². The van der Waals surface area contributed by atoms with Gasteiger partial charge < -0.3 is 0 Å². The zero-order valence-corrected chi connectivity index (χ0v) is 10.2. The molecule has 1 aromatic rings. The fourth-order valence-corrected chi connectivity index (χ4v) is 2.70. The molecule has 1 heterocycles. The normalized spacial score (nSPS) is 16.6. The van der Waals surface area contributed by atoms with E-state index in [-0.39, 0.29) is 5.25 Å². The molecular weight excluding hydrogens is 315 g/mol. The summed E-state index contributed by atoms with van der Waals surface area (Å²) in [4.78, 5) is 3.98. The summed E-state index contributed by atoms with van der Waals surface area (Å²) in [7, 11) is -3.17. The van der Waals surface area contributed by atoms with Gasteiger partial charge in [-0.2, -0.15) is 0 Å². The first-order valence-electron chi connectivity index (χ1n) is 4.21. The van der Waals surface area contributed by atoms with E-state index in [1.165, 1.54) is 0 Å². The third-order valence-corrected chi connectivity index (χ3v) is 4.42. The Kier molecular flexibility index (Phi) is 2.65. The van der Waals surface area contributed by atoms with Crippen LogP contribution in [0.25, 0.3) is 0 Å². The van der Waals surface area contributed by atoms with Crippen molar-refractivity contribution in [2.75, 3.05) is 4.72 Å². The minimum absolute atomic E-state index is 0.205. The highest BCUT2D eigenvalue weighted by Gasteiger charge is 2.35. The van der Waals surface area contributed by atoms with Gasteiger partial charge in [-0.05, 0) is 47.6 Å². The molecule has 0 amide bonds. The molecule has 76 valence electrons. The number of hydrogen-bond donors (Lipinski definition) is 1. The maximum Gasteiger partial charge on any atom is 0.236 e. The quantitative estimate of drug-likeness (QED) is 0.859. The van der Waals surface area contributed by atoms with Crippen molar-refractivity contribution in [2.24, 2.45) is 0 Å². The van der Waals surface area contributed by atoms with Gasteiger partial charge in [0.2, 0.25) is 10.0 Å². The van der Waals surface area contributed by atoms with Crippen molar-refractivity contribution < 1.29 is 8.42 Å². The third-order valence-electron chi connectivity index (χ3n) is 1.94. The van der Waals surface area contributed by atoms with Crippen LogP contribution in [0.15, 0.2) is 18.3 Å². The van der Waals surface area contributed by atoms with Gasteiger partial charge in [0.05, 0.1) is 5.25 Å². The highest BCUT2D eigenvalue weighted by molar-refractivity contribution is 14.1. The predicted octanol–water partition coefficient (Wildman–Crippen LogP) is 1.59. The highest BCUT2D eigenvalue weighted by atomic mass is 127. The van der Waals surface area contributed by atoms with Crippen molar-refractivity contribution in [1.82, 2.24) is 4.98 Å². The molecule has 1 N–H and O–H groups in total. The summed E-state index contributed by atoms with van der Waals surface area (Å²) in [6.45, 7) is 0. The van der Waals surface area contributed by atoms with E-state index in [2.05, 4.69) is 32.3 Å². The molecule has 0 aliphatic heterocycles. The smallest absolute Gasteiger partial charge is 0.236 e. The van der Waals surface area contributed by atoms with Gasteiger partial charge in [-0.15, -0.1) is 0 Å². The largest absolute Gasteiger partial charge is 0.267 e.